The number of carbonyl (C=O) groups is 1. The molecule has 1 heterocycles. The summed E-state index contributed by atoms with van der Waals surface area (Å²) in [4.78, 5) is 14.9. The number of furan rings is 1. The Balaban J connectivity index is 1.68. The van der Waals surface area contributed by atoms with Gasteiger partial charge in [0, 0.05) is 18.3 Å². The average Bonchev–Trinajstić information content (AvgIpc) is 3.13. The maximum absolute atomic E-state index is 12.5. The number of benzene rings is 1. The summed E-state index contributed by atoms with van der Waals surface area (Å²) in [6.07, 6.45) is 7.97. The summed E-state index contributed by atoms with van der Waals surface area (Å²) in [5.74, 6) is 0.437. The van der Waals surface area contributed by atoms with Crippen LogP contribution in [0.15, 0.2) is 41.0 Å². The Morgan fingerprint density at radius 3 is 2.76 bits per heavy atom. The maximum atomic E-state index is 12.5. The highest BCUT2D eigenvalue weighted by Crippen LogP contribution is 2.25. The Hall–Kier alpha value is -2.11. The smallest absolute Gasteiger partial charge is 0.258 e. The molecular weight excluding hydrogens is 314 g/mol. The van der Waals surface area contributed by atoms with Gasteiger partial charge in [-0.05, 0) is 37.6 Å². The molecule has 0 aliphatic heterocycles. The minimum Gasteiger partial charge on any atom is -0.467 e. The van der Waals surface area contributed by atoms with Gasteiger partial charge in [-0.15, -0.1) is 0 Å². The number of nitrogens with two attached hydrogens (primary N) is 1. The number of nitrogens with one attached hydrogen (secondary N) is 1. The lowest BCUT2D eigenvalue weighted by Gasteiger charge is -2.31. The second kappa shape index (κ2) is 8.32. The summed E-state index contributed by atoms with van der Waals surface area (Å²) in [6, 6.07) is 10.3. The van der Waals surface area contributed by atoms with Crippen LogP contribution in [0.1, 0.15) is 53.8 Å². The van der Waals surface area contributed by atoms with E-state index in [4.69, 9.17) is 10.2 Å². The van der Waals surface area contributed by atoms with Crippen LogP contribution < -0.4 is 11.1 Å². The second-order valence-electron chi connectivity index (χ2n) is 6.82. The first-order chi connectivity index (χ1) is 12.2. The highest BCUT2D eigenvalue weighted by molar-refractivity contribution is 6.04. The predicted octanol–water partition coefficient (Wildman–Crippen LogP) is 3.76. The van der Waals surface area contributed by atoms with Gasteiger partial charge in [0.05, 0.1) is 12.1 Å². The van der Waals surface area contributed by atoms with Crippen molar-refractivity contribution < 1.29 is 9.21 Å². The van der Waals surface area contributed by atoms with Crippen LogP contribution >= 0.6 is 0 Å². The standard InChI is InChI=1S/C20H27N3O2/c1-23(17-8-3-2-4-9-17)13-15-7-5-6-10-19(15)22-20(24)16-11-18(12-21)25-14-16/h5-7,10-11,14,17H,2-4,8-9,12-13,21H2,1H3,(H,22,24). The number of hydrogen-bond donors (Lipinski definition) is 2. The third-order valence-electron chi connectivity index (χ3n) is 5.00. The normalized spacial score (nSPS) is 15.5. The maximum Gasteiger partial charge on any atom is 0.258 e. The lowest BCUT2D eigenvalue weighted by molar-refractivity contribution is 0.102. The van der Waals surface area contributed by atoms with Crippen molar-refractivity contribution in [1.82, 2.24) is 4.90 Å². The molecule has 1 aromatic carbocycles. The fraction of sp³-hybridized carbons (Fsp3) is 0.450. The van der Waals surface area contributed by atoms with Gasteiger partial charge in [0.1, 0.15) is 12.0 Å². The SMILES string of the molecule is CN(Cc1ccccc1NC(=O)c1coc(CN)c1)C1CCCCC1. The van der Waals surface area contributed by atoms with Crippen molar-refractivity contribution in [2.24, 2.45) is 5.73 Å². The Morgan fingerprint density at radius 2 is 2.04 bits per heavy atom. The van der Waals surface area contributed by atoms with E-state index in [9.17, 15) is 4.79 Å². The van der Waals surface area contributed by atoms with Crippen LogP contribution in [0.3, 0.4) is 0 Å². The van der Waals surface area contributed by atoms with E-state index in [1.165, 1.54) is 38.4 Å². The number of nitrogens with zero attached hydrogens (tertiary/aromatic N) is 1. The van der Waals surface area contributed by atoms with Gasteiger partial charge in [-0.3, -0.25) is 9.69 Å². The summed E-state index contributed by atoms with van der Waals surface area (Å²) in [5, 5.41) is 3.01. The quantitative estimate of drug-likeness (QED) is 0.839. The number of amides is 1. The number of carbonyl (C=O) groups excluding carboxylic acids is 1. The molecule has 1 saturated carbocycles. The van der Waals surface area contributed by atoms with Crippen molar-refractivity contribution in [1.29, 1.82) is 0 Å². The zero-order valence-electron chi connectivity index (χ0n) is 14.8. The molecule has 0 saturated heterocycles. The minimum absolute atomic E-state index is 0.170. The third-order valence-corrected chi connectivity index (χ3v) is 5.00. The van der Waals surface area contributed by atoms with Crippen LogP contribution in [0.4, 0.5) is 5.69 Å². The zero-order valence-corrected chi connectivity index (χ0v) is 14.8. The molecule has 3 N–H and O–H groups in total. The molecule has 1 amide bonds. The summed E-state index contributed by atoms with van der Waals surface area (Å²) >= 11 is 0. The van der Waals surface area contributed by atoms with E-state index in [2.05, 4.69) is 23.3 Å². The molecule has 25 heavy (non-hydrogen) atoms. The number of rotatable bonds is 6. The van der Waals surface area contributed by atoms with Gasteiger partial charge in [0.25, 0.3) is 5.91 Å². The van der Waals surface area contributed by atoms with Crippen molar-refractivity contribution in [3.8, 4) is 0 Å². The molecule has 2 aromatic rings. The van der Waals surface area contributed by atoms with Crippen molar-refractivity contribution in [3.05, 3.63) is 53.5 Å². The van der Waals surface area contributed by atoms with Crippen molar-refractivity contribution >= 4 is 11.6 Å². The first kappa shape index (κ1) is 17.7. The molecule has 0 radical (unpaired) electrons. The van der Waals surface area contributed by atoms with E-state index < -0.39 is 0 Å². The summed E-state index contributed by atoms with van der Waals surface area (Å²) in [6.45, 7) is 1.12. The van der Waals surface area contributed by atoms with Gasteiger partial charge in [0.2, 0.25) is 0 Å². The number of anilines is 1. The van der Waals surface area contributed by atoms with Crippen molar-refractivity contribution in [2.75, 3.05) is 12.4 Å². The van der Waals surface area contributed by atoms with Crippen LogP contribution in [-0.2, 0) is 13.1 Å². The van der Waals surface area contributed by atoms with Gasteiger partial charge in [-0.1, -0.05) is 37.5 Å². The van der Waals surface area contributed by atoms with Gasteiger partial charge in [-0.25, -0.2) is 0 Å². The summed E-state index contributed by atoms with van der Waals surface area (Å²) in [5.41, 5.74) is 8.01. The summed E-state index contributed by atoms with van der Waals surface area (Å²) in [7, 11) is 2.18. The topological polar surface area (TPSA) is 71.5 Å². The number of para-hydroxylation sites is 1. The lowest BCUT2D eigenvalue weighted by atomic mass is 9.94. The number of hydrogen-bond acceptors (Lipinski definition) is 4. The molecule has 5 nitrogen and oxygen atoms in total. The molecule has 1 fully saturated rings. The molecule has 3 rings (SSSR count). The first-order valence-corrected chi connectivity index (χ1v) is 9.04. The van der Waals surface area contributed by atoms with Crippen LogP contribution in [0, 0.1) is 0 Å². The first-order valence-electron chi connectivity index (χ1n) is 9.04. The molecule has 1 aliphatic carbocycles. The second-order valence-corrected chi connectivity index (χ2v) is 6.82. The van der Waals surface area contributed by atoms with Gasteiger partial charge in [-0.2, -0.15) is 0 Å². The van der Waals surface area contributed by atoms with E-state index in [0.717, 1.165) is 17.8 Å². The minimum atomic E-state index is -0.170. The zero-order chi connectivity index (χ0) is 17.6. The molecular formula is C20H27N3O2. The van der Waals surface area contributed by atoms with Crippen molar-refractivity contribution in [3.63, 3.8) is 0 Å². The van der Waals surface area contributed by atoms with E-state index in [1.54, 1.807) is 6.07 Å². The van der Waals surface area contributed by atoms with Crippen LogP contribution in [-0.4, -0.2) is 23.9 Å². The van der Waals surface area contributed by atoms with Crippen LogP contribution in [0.5, 0.6) is 0 Å². The van der Waals surface area contributed by atoms with E-state index in [1.807, 2.05) is 18.2 Å². The Bertz CT molecular complexity index is 704. The highest BCUT2D eigenvalue weighted by Gasteiger charge is 2.19. The van der Waals surface area contributed by atoms with Crippen molar-refractivity contribution in [2.45, 2.75) is 51.2 Å². The van der Waals surface area contributed by atoms with E-state index in [0.29, 0.717) is 17.4 Å². The Labute approximate surface area is 149 Å². The third kappa shape index (κ3) is 4.50. The molecule has 0 unspecified atom stereocenters. The van der Waals surface area contributed by atoms with Gasteiger partial charge < -0.3 is 15.5 Å². The molecule has 1 aliphatic rings. The molecule has 0 spiro atoms. The lowest BCUT2D eigenvalue weighted by Crippen LogP contribution is -2.33. The fourth-order valence-corrected chi connectivity index (χ4v) is 3.50. The van der Waals surface area contributed by atoms with E-state index >= 15 is 0 Å². The Morgan fingerprint density at radius 1 is 1.28 bits per heavy atom. The summed E-state index contributed by atoms with van der Waals surface area (Å²) < 4.78 is 5.25. The van der Waals surface area contributed by atoms with E-state index in [-0.39, 0.29) is 12.5 Å². The van der Waals surface area contributed by atoms with Gasteiger partial charge >= 0.3 is 0 Å². The Kier molecular flexibility index (Phi) is 5.89. The fourth-order valence-electron chi connectivity index (χ4n) is 3.50. The average molecular weight is 341 g/mol. The molecule has 0 atom stereocenters. The highest BCUT2D eigenvalue weighted by atomic mass is 16.3. The monoisotopic (exact) mass is 341 g/mol. The largest absolute Gasteiger partial charge is 0.467 e. The van der Waals surface area contributed by atoms with Crippen LogP contribution in [0.25, 0.3) is 0 Å². The molecule has 0 bridgehead atoms. The predicted molar refractivity (Wildman–Crippen MR) is 99.3 cm³/mol. The molecule has 134 valence electrons. The molecule has 5 heteroatoms. The van der Waals surface area contributed by atoms with Crippen LogP contribution in [0.2, 0.25) is 0 Å². The van der Waals surface area contributed by atoms with Gasteiger partial charge in [0.15, 0.2) is 0 Å². The molecule has 1 aromatic heterocycles.